The quantitative estimate of drug-likeness (QED) is 0.826. The molecule has 0 spiro atoms. The number of nitrogens with two attached hydrogens (primary N) is 1. The summed E-state index contributed by atoms with van der Waals surface area (Å²) in [6, 6.07) is 2.96. The Balaban J connectivity index is 0.000000321. The number of fused-ring (bicyclic) bond motifs is 1. The zero-order valence-corrected chi connectivity index (χ0v) is 16.1. The summed E-state index contributed by atoms with van der Waals surface area (Å²) in [5, 5.41) is 12.6. The standard InChI is InChI=1S/C14H13F2N3O.C6H14O/c15-10-6-5-8(7-11(10)16)13-9-3-1-2-4-12(9)19(18-13)14(17)20;1-6(2,3)4-5-7/h5-7H,1-4H2,(H2,17,20);7H,4-5H2,1-3H3. The third-order valence-corrected chi connectivity index (χ3v) is 4.44. The van der Waals surface area contributed by atoms with E-state index in [1.807, 2.05) is 0 Å². The van der Waals surface area contributed by atoms with Crippen LogP contribution in [0.5, 0.6) is 0 Å². The first-order valence-electron chi connectivity index (χ1n) is 9.11. The van der Waals surface area contributed by atoms with Gasteiger partial charge in [0.25, 0.3) is 0 Å². The number of rotatable bonds is 2. The molecule has 2 aromatic rings. The Labute approximate surface area is 158 Å². The van der Waals surface area contributed by atoms with Gasteiger partial charge < -0.3 is 10.8 Å². The predicted octanol–water partition coefficient (Wildman–Crippen LogP) is 4.05. The van der Waals surface area contributed by atoms with Crippen molar-refractivity contribution in [2.45, 2.75) is 52.9 Å². The fraction of sp³-hybridized carbons (Fsp3) is 0.500. The average Bonchev–Trinajstić information content (AvgIpc) is 2.97. The number of carbonyl (C=O) groups is 1. The van der Waals surface area contributed by atoms with E-state index in [9.17, 15) is 13.6 Å². The van der Waals surface area contributed by atoms with Gasteiger partial charge >= 0.3 is 6.03 Å². The van der Waals surface area contributed by atoms with Crippen LogP contribution in [-0.2, 0) is 12.8 Å². The van der Waals surface area contributed by atoms with Crippen molar-refractivity contribution < 1.29 is 18.7 Å². The summed E-state index contributed by atoms with van der Waals surface area (Å²) in [4.78, 5) is 11.4. The number of benzene rings is 1. The normalized spacial score (nSPS) is 13.6. The second-order valence-corrected chi connectivity index (χ2v) is 7.89. The van der Waals surface area contributed by atoms with Gasteiger partial charge in [-0.25, -0.2) is 13.6 Å². The lowest BCUT2D eigenvalue weighted by atomic mass is 9.93. The van der Waals surface area contributed by atoms with E-state index in [0.717, 1.165) is 55.5 Å². The molecule has 1 aromatic carbocycles. The molecule has 3 rings (SSSR count). The van der Waals surface area contributed by atoms with E-state index >= 15 is 0 Å². The van der Waals surface area contributed by atoms with Gasteiger partial charge in [-0.2, -0.15) is 9.78 Å². The Morgan fingerprint density at radius 2 is 1.89 bits per heavy atom. The lowest BCUT2D eigenvalue weighted by Crippen LogP contribution is -2.24. The molecule has 3 N–H and O–H groups in total. The Bertz CT molecular complexity index is 810. The van der Waals surface area contributed by atoms with Gasteiger partial charge in [-0.1, -0.05) is 20.8 Å². The molecule has 1 amide bonds. The zero-order chi connectivity index (χ0) is 20.2. The van der Waals surface area contributed by atoms with Crippen LogP contribution in [0.2, 0.25) is 0 Å². The number of aliphatic hydroxyl groups is 1. The van der Waals surface area contributed by atoms with Crippen LogP contribution in [0.4, 0.5) is 13.6 Å². The van der Waals surface area contributed by atoms with E-state index in [1.54, 1.807) is 0 Å². The molecule has 0 fully saturated rings. The number of carbonyl (C=O) groups excluding carboxylic acids is 1. The minimum absolute atomic E-state index is 0.300. The molecule has 1 aliphatic carbocycles. The highest BCUT2D eigenvalue weighted by Gasteiger charge is 2.24. The van der Waals surface area contributed by atoms with Crippen molar-refractivity contribution in [3.8, 4) is 11.3 Å². The van der Waals surface area contributed by atoms with Crippen LogP contribution in [0.3, 0.4) is 0 Å². The van der Waals surface area contributed by atoms with E-state index in [0.29, 0.717) is 23.3 Å². The third kappa shape index (κ3) is 5.35. The molecule has 27 heavy (non-hydrogen) atoms. The minimum Gasteiger partial charge on any atom is -0.396 e. The van der Waals surface area contributed by atoms with Gasteiger partial charge in [0, 0.05) is 17.7 Å². The molecule has 0 unspecified atom stereocenters. The Hall–Kier alpha value is -2.28. The first-order chi connectivity index (χ1) is 12.6. The maximum absolute atomic E-state index is 13.4. The van der Waals surface area contributed by atoms with Crippen molar-refractivity contribution in [2.24, 2.45) is 11.1 Å². The maximum atomic E-state index is 13.4. The summed E-state index contributed by atoms with van der Waals surface area (Å²) in [6.45, 7) is 6.65. The Morgan fingerprint density at radius 3 is 2.41 bits per heavy atom. The van der Waals surface area contributed by atoms with E-state index < -0.39 is 17.7 Å². The fourth-order valence-electron chi connectivity index (χ4n) is 2.99. The molecule has 1 aliphatic rings. The average molecular weight is 379 g/mol. The van der Waals surface area contributed by atoms with E-state index in [-0.39, 0.29) is 0 Å². The van der Waals surface area contributed by atoms with Crippen LogP contribution in [0.1, 0.15) is 51.3 Å². The number of amides is 1. The van der Waals surface area contributed by atoms with E-state index in [4.69, 9.17) is 10.8 Å². The third-order valence-electron chi connectivity index (χ3n) is 4.44. The topological polar surface area (TPSA) is 81.1 Å². The largest absolute Gasteiger partial charge is 0.396 e. The smallest absolute Gasteiger partial charge is 0.339 e. The lowest BCUT2D eigenvalue weighted by molar-refractivity contribution is 0.225. The summed E-state index contributed by atoms with van der Waals surface area (Å²) >= 11 is 0. The molecule has 148 valence electrons. The summed E-state index contributed by atoms with van der Waals surface area (Å²) < 4.78 is 27.5. The maximum Gasteiger partial charge on any atom is 0.339 e. The van der Waals surface area contributed by atoms with Crippen LogP contribution >= 0.6 is 0 Å². The summed E-state index contributed by atoms with van der Waals surface area (Å²) in [6.07, 6.45) is 4.32. The molecule has 7 heteroatoms. The number of hydrogen-bond acceptors (Lipinski definition) is 3. The molecule has 0 radical (unpaired) electrons. The van der Waals surface area contributed by atoms with E-state index in [2.05, 4.69) is 25.9 Å². The second-order valence-electron chi connectivity index (χ2n) is 7.89. The Morgan fingerprint density at radius 1 is 1.22 bits per heavy atom. The highest BCUT2D eigenvalue weighted by atomic mass is 19.2. The van der Waals surface area contributed by atoms with Crippen molar-refractivity contribution in [2.75, 3.05) is 6.61 Å². The highest BCUT2D eigenvalue weighted by molar-refractivity contribution is 5.77. The van der Waals surface area contributed by atoms with Gasteiger partial charge in [0.15, 0.2) is 11.6 Å². The zero-order valence-electron chi connectivity index (χ0n) is 16.1. The molecule has 5 nitrogen and oxygen atoms in total. The molecular weight excluding hydrogens is 352 g/mol. The minimum atomic E-state index is -0.930. The number of aliphatic hydroxyl groups excluding tert-OH is 1. The van der Waals surface area contributed by atoms with Crippen molar-refractivity contribution in [1.29, 1.82) is 0 Å². The first-order valence-corrected chi connectivity index (χ1v) is 9.11. The molecule has 0 saturated heterocycles. The molecule has 0 saturated carbocycles. The SMILES string of the molecule is CC(C)(C)CCO.NC(=O)n1nc(-c2ccc(F)c(F)c2)c2c1CCCC2. The lowest BCUT2D eigenvalue weighted by Gasteiger charge is -2.14. The molecular formula is C20H27F2N3O2. The van der Waals surface area contributed by atoms with Crippen LogP contribution in [-0.4, -0.2) is 27.5 Å². The van der Waals surface area contributed by atoms with Crippen LogP contribution in [0.25, 0.3) is 11.3 Å². The second kappa shape index (κ2) is 8.61. The molecule has 0 bridgehead atoms. The Kier molecular flexibility index (Phi) is 6.70. The van der Waals surface area contributed by atoms with Crippen molar-refractivity contribution in [3.05, 3.63) is 41.1 Å². The van der Waals surface area contributed by atoms with Gasteiger partial charge in [0.05, 0.1) is 11.4 Å². The summed E-state index contributed by atoms with van der Waals surface area (Å²) in [5.74, 6) is -1.84. The van der Waals surface area contributed by atoms with Gasteiger partial charge in [0.2, 0.25) is 0 Å². The number of primary amides is 1. The van der Waals surface area contributed by atoms with Crippen LogP contribution in [0, 0.1) is 17.0 Å². The van der Waals surface area contributed by atoms with Crippen molar-refractivity contribution >= 4 is 6.03 Å². The fourth-order valence-corrected chi connectivity index (χ4v) is 2.99. The summed E-state index contributed by atoms with van der Waals surface area (Å²) in [5.41, 5.74) is 8.27. The van der Waals surface area contributed by atoms with Gasteiger partial charge in [-0.3, -0.25) is 0 Å². The molecule has 1 heterocycles. The highest BCUT2D eigenvalue weighted by Crippen LogP contribution is 2.31. The molecule has 1 aromatic heterocycles. The van der Waals surface area contributed by atoms with Gasteiger partial charge in [-0.15, -0.1) is 0 Å². The number of nitrogens with zero attached hydrogens (tertiary/aromatic N) is 2. The van der Waals surface area contributed by atoms with Crippen LogP contribution < -0.4 is 5.73 Å². The number of hydrogen-bond donors (Lipinski definition) is 2. The molecule has 0 aliphatic heterocycles. The molecule has 0 atom stereocenters. The van der Waals surface area contributed by atoms with Crippen molar-refractivity contribution in [1.82, 2.24) is 9.78 Å². The predicted molar refractivity (Wildman–Crippen MR) is 100 cm³/mol. The summed E-state index contributed by atoms with van der Waals surface area (Å²) in [7, 11) is 0. The first kappa shape index (κ1) is 21.0. The van der Waals surface area contributed by atoms with E-state index in [1.165, 1.54) is 10.7 Å². The van der Waals surface area contributed by atoms with Crippen LogP contribution in [0.15, 0.2) is 18.2 Å². The van der Waals surface area contributed by atoms with Gasteiger partial charge in [0.1, 0.15) is 0 Å². The monoisotopic (exact) mass is 379 g/mol. The van der Waals surface area contributed by atoms with Gasteiger partial charge in [-0.05, 0) is 55.7 Å². The number of aromatic nitrogens is 2. The number of halogens is 2. The van der Waals surface area contributed by atoms with Crippen molar-refractivity contribution in [3.63, 3.8) is 0 Å².